The molecule has 2 nitrogen and oxygen atoms in total. The minimum atomic E-state index is 0.115. The van der Waals surface area contributed by atoms with Crippen LogP contribution in [-0.2, 0) is 0 Å². The van der Waals surface area contributed by atoms with E-state index in [9.17, 15) is 4.79 Å². The number of nitrogens with zero attached hydrogens (tertiary/aromatic N) is 1. The number of aryl methyl sites for hydroxylation is 1. The van der Waals surface area contributed by atoms with Gasteiger partial charge in [0.2, 0.25) is 0 Å². The molecule has 0 aliphatic heterocycles. The zero-order valence-electron chi connectivity index (χ0n) is 11.3. The van der Waals surface area contributed by atoms with Crippen molar-refractivity contribution in [1.82, 2.24) is 4.57 Å². The number of pyridine rings is 1. The van der Waals surface area contributed by atoms with Crippen LogP contribution in [0.3, 0.4) is 0 Å². The fourth-order valence-electron chi connectivity index (χ4n) is 1.94. The van der Waals surface area contributed by atoms with Crippen molar-refractivity contribution in [1.29, 1.82) is 0 Å². The van der Waals surface area contributed by atoms with Crippen LogP contribution in [0.25, 0.3) is 10.9 Å². The molecule has 0 radical (unpaired) electrons. The molecule has 0 fully saturated rings. The normalized spacial score (nSPS) is 10.2. The summed E-state index contributed by atoms with van der Waals surface area (Å²) in [5.74, 6) is 0. The molecule has 2 aromatic rings. The van der Waals surface area contributed by atoms with Gasteiger partial charge in [0.15, 0.2) is 0 Å². The zero-order chi connectivity index (χ0) is 13.0. The molecule has 1 aromatic heterocycles. The first-order chi connectivity index (χ1) is 8.11. The minimum absolute atomic E-state index is 0.115. The summed E-state index contributed by atoms with van der Waals surface area (Å²) in [6, 6.07) is 10.2. The maximum Gasteiger partial charge on any atom is 0.254 e. The Bertz CT molecular complexity index is 552. The van der Waals surface area contributed by atoms with Crippen LogP contribution in [0.15, 0.2) is 35.1 Å². The largest absolute Gasteiger partial charge is 0.306 e. The minimum Gasteiger partial charge on any atom is -0.306 e. The molecule has 2 heteroatoms. The molecule has 0 saturated carbocycles. The second-order valence-electron chi connectivity index (χ2n) is 4.16. The van der Waals surface area contributed by atoms with Crippen molar-refractivity contribution < 1.29 is 0 Å². The molecule has 17 heavy (non-hydrogen) atoms. The predicted octanol–water partition coefficient (Wildman–Crippen LogP) is 3.92. The fraction of sp³-hybridized carbons (Fsp3) is 0.400. The van der Waals surface area contributed by atoms with Crippen LogP contribution in [0, 0.1) is 6.92 Å². The second kappa shape index (κ2) is 5.67. The van der Waals surface area contributed by atoms with Gasteiger partial charge in [0, 0.05) is 11.6 Å². The van der Waals surface area contributed by atoms with Crippen LogP contribution in [-0.4, -0.2) is 4.57 Å². The molecule has 0 aliphatic rings. The summed E-state index contributed by atoms with van der Waals surface area (Å²) in [7, 11) is 0. The zero-order valence-corrected chi connectivity index (χ0v) is 11.3. The van der Waals surface area contributed by atoms with E-state index in [0.29, 0.717) is 0 Å². The number of rotatable bonds is 1. The van der Waals surface area contributed by atoms with Crippen molar-refractivity contribution in [2.75, 3.05) is 0 Å². The van der Waals surface area contributed by atoms with Gasteiger partial charge >= 0.3 is 0 Å². The van der Waals surface area contributed by atoms with E-state index < -0.39 is 0 Å². The van der Waals surface area contributed by atoms with E-state index in [2.05, 4.69) is 0 Å². The van der Waals surface area contributed by atoms with E-state index >= 15 is 0 Å². The molecule has 2 rings (SSSR count). The molecule has 92 valence electrons. The quantitative estimate of drug-likeness (QED) is 0.729. The molecule has 0 amide bonds. The van der Waals surface area contributed by atoms with Crippen molar-refractivity contribution in [2.24, 2.45) is 0 Å². The fourth-order valence-corrected chi connectivity index (χ4v) is 1.94. The Kier molecular flexibility index (Phi) is 4.50. The lowest BCUT2D eigenvalue weighted by Crippen LogP contribution is -2.24. The van der Waals surface area contributed by atoms with Crippen LogP contribution in [0.5, 0.6) is 0 Å². The van der Waals surface area contributed by atoms with Crippen molar-refractivity contribution >= 4 is 10.9 Å². The number of aromatic nitrogens is 1. The van der Waals surface area contributed by atoms with Gasteiger partial charge in [-0.15, -0.1) is 0 Å². The molecule has 0 saturated heterocycles. The lowest BCUT2D eigenvalue weighted by Gasteiger charge is -2.14. The van der Waals surface area contributed by atoms with Crippen molar-refractivity contribution in [3.63, 3.8) is 0 Å². The third-order valence-corrected chi connectivity index (χ3v) is 2.64. The molecule has 0 N–H and O–H groups in total. The molecule has 0 spiro atoms. The van der Waals surface area contributed by atoms with E-state index in [1.54, 1.807) is 0 Å². The number of hydrogen-bond acceptors (Lipinski definition) is 1. The highest BCUT2D eigenvalue weighted by molar-refractivity contribution is 5.79. The van der Waals surface area contributed by atoms with Crippen LogP contribution in [0.4, 0.5) is 0 Å². The maximum atomic E-state index is 12.0. The van der Waals surface area contributed by atoms with Gasteiger partial charge < -0.3 is 4.57 Å². The van der Waals surface area contributed by atoms with Gasteiger partial charge in [-0.2, -0.15) is 0 Å². The van der Waals surface area contributed by atoms with Crippen LogP contribution in [0.1, 0.15) is 39.3 Å². The maximum absolute atomic E-state index is 12.0. The second-order valence-corrected chi connectivity index (χ2v) is 4.16. The topological polar surface area (TPSA) is 22.0 Å². The summed E-state index contributed by atoms with van der Waals surface area (Å²) in [4.78, 5) is 12.0. The highest BCUT2D eigenvalue weighted by atomic mass is 16.1. The Balaban J connectivity index is 0.000000686. The number of benzene rings is 1. The lowest BCUT2D eigenvalue weighted by atomic mass is 10.1. The van der Waals surface area contributed by atoms with Gasteiger partial charge in [-0.3, -0.25) is 4.79 Å². The van der Waals surface area contributed by atoms with E-state index in [0.717, 1.165) is 16.5 Å². The summed E-state index contributed by atoms with van der Waals surface area (Å²) in [5.41, 5.74) is 1.94. The smallest absolute Gasteiger partial charge is 0.254 e. The standard InChI is InChI=1S/C13H15NO.C2H6/c1-9(2)14-12-7-5-4-6-11(12)8-10(3)13(14)15;1-2/h4-9H,1-3H3;1-2H3. The van der Waals surface area contributed by atoms with E-state index in [1.165, 1.54) is 0 Å². The first-order valence-corrected chi connectivity index (χ1v) is 6.22. The van der Waals surface area contributed by atoms with Gasteiger partial charge in [0.1, 0.15) is 0 Å². The first kappa shape index (κ1) is 13.5. The Labute approximate surface area is 103 Å². The van der Waals surface area contributed by atoms with E-state index in [4.69, 9.17) is 0 Å². The molecular formula is C15H21NO. The van der Waals surface area contributed by atoms with Crippen molar-refractivity contribution in [3.05, 3.63) is 46.2 Å². The summed E-state index contributed by atoms with van der Waals surface area (Å²) in [6.45, 7) is 9.94. The first-order valence-electron chi connectivity index (χ1n) is 6.22. The number of para-hydroxylation sites is 1. The lowest BCUT2D eigenvalue weighted by molar-refractivity contribution is 0.598. The Hall–Kier alpha value is -1.57. The SMILES string of the molecule is CC.Cc1cc2ccccc2n(C(C)C)c1=O. The Morgan fingerprint density at radius 1 is 1.12 bits per heavy atom. The third kappa shape index (κ3) is 2.57. The third-order valence-electron chi connectivity index (χ3n) is 2.64. The van der Waals surface area contributed by atoms with Gasteiger partial charge in [0.25, 0.3) is 5.56 Å². The van der Waals surface area contributed by atoms with Gasteiger partial charge in [0.05, 0.1) is 5.52 Å². The Morgan fingerprint density at radius 2 is 1.71 bits per heavy atom. The van der Waals surface area contributed by atoms with Crippen LogP contribution < -0.4 is 5.56 Å². The van der Waals surface area contributed by atoms with E-state index in [-0.39, 0.29) is 11.6 Å². The molecule has 0 aliphatic carbocycles. The summed E-state index contributed by atoms with van der Waals surface area (Å²) in [5, 5.41) is 1.13. The van der Waals surface area contributed by atoms with Gasteiger partial charge in [-0.25, -0.2) is 0 Å². The highest BCUT2D eigenvalue weighted by Crippen LogP contribution is 2.16. The Morgan fingerprint density at radius 3 is 2.29 bits per heavy atom. The van der Waals surface area contributed by atoms with Crippen LogP contribution >= 0.6 is 0 Å². The summed E-state index contributed by atoms with van der Waals surface area (Å²) < 4.78 is 1.85. The average Bonchev–Trinajstić information content (AvgIpc) is 2.33. The van der Waals surface area contributed by atoms with Crippen LogP contribution in [0.2, 0.25) is 0 Å². The van der Waals surface area contributed by atoms with Gasteiger partial charge in [-0.1, -0.05) is 32.0 Å². The molecule has 0 bridgehead atoms. The molecular weight excluding hydrogens is 210 g/mol. The molecule has 0 unspecified atom stereocenters. The molecule has 0 atom stereocenters. The summed E-state index contributed by atoms with van der Waals surface area (Å²) >= 11 is 0. The molecule has 1 aromatic carbocycles. The molecule has 1 heterocycles. The van der Waals surface area contributed by atoms with E-state index in [1.807, 2.05) is 69.5 Å². The average molecular weight is 231 g/mol. The van der Waals surface area contributed by atoms with Gasteiger partial charge in [-0.05, 0) is 38.3 Å². The summed E-state index contributed by atoms with van der Waals surface area (Å²) in [6.07, 6.45) is 0. The van der Waals surface area contributed by atoms with Crippen molar-refractivity contribution in [3.8, 4) is 0 Å². The number of fused-ring (bicyclic) bond motifs is 1. The predicted molar refractivity (Wildman–Crippen MR) is 74.7 cm³/mol. The highest BCUT2D eigenvalue weighted by Gasteiger charge is 2.08. The van der Waals surface area contributed by atoms with Crippen molar-refractivity contribution in [2.45, 2.75) is 40.7 Å². The monoisotopic (exact) mass is 231 g/mol. The number of hydrogen-bond donors (Lipinski definition) is 0.